The highest BCUT2D eigenvalue weighted by Crippen LogP contribution is 2.14. The predicted molar refractivity (Wildman–Crippen MR) is 84.5 cm³/mol. The normalized spacial score (nSPS) is 12.1. The zero-order valence-corrected chi connectivity index (χ0v) is 13.5. The number of benzene rings is 1. The van der Waals surface area contributed by atoms with Gasteiger partial charge in [-0.3, -0.25) is 4.79 Å². The van der Waals surface area contributed by atoms with Crippen molar-refractivity contribution in [2.75, 3.05) is 5.32 Å². The van der Waals surface area contributed by atoms with Gasteiger partial charge in [-0.1, -0.05) is 36.7 Å². The molecule has 1 aromatic carbocycles. The Hall–Kier alpha value is -1.36. The van der Waals surface area contributed by atoms with Crippen molar-refractivity contribution in [3.63, 3.8) is 0 Å². The smallest absolute Gasteiger partial charge is 0.319 e. The van der Waals surface area contributed by atoms with Crippen LogP contribution in [0.1, 0.15) is 27.2 Å². The van der Waals surface area contributed by atoms with Crippen LogP contribution >= 0.6 is 15.9 Å². The van der Waals surface area contributed by atoms with Crippen molar-refractivity contribution in [2.24, 2.45) is 5.92 Å². The first-order chi connectivity index (χ1) is 9.42. The number of halogens is 1. The molecule has 0 aromatic heterocycles. The van der Waals surface area contributed by atoms with Crippen LogP contribution in [-0.2, 0) is 4.79 Å². The van der Waals surface area contributed by atoms with E-state index in [4.69, 9.17) is 0 Å². The number of carbonyl (C=O) groups is 2. The van der Waals surface area contributed by atoms with E-state index in [0.29, 0.717) is 18.0 Å². The van der Waals surface area contributed by atoms with Crippen molar-refractivity contribution in [1.82, 2.24) is 5.32 Å². The summed E-state index contributed by atoms with van der Waals surface area (Å²) in [5, 5.41) is 5.43. The summed E-state index contributed by atoms with van der Waals surface area (Å²) < 4.78 is 0.942. The highest BCUT2D eigenvalue weighted by Gasteiger charge is 2.20. The lowest BCUT2D eigenvalue weighted by Crippen LogP contribution is -2.43. The van der Waals surface area contributed by atoms with Gasteiger partial charge in [0.25, 0.3) is 0 Å². The standard InChI is InChI=1S/C15H20BrN2O2/c1-4-14(19)13(9-10(2)3)18-15(20)17-12-7-5-11(16)6-8-12/h4-8,10,13H,9H2,1-3H3,(H2,17,18,20)/t13-/m0/s1. The van der Waals surface area contributed by atoms with Gasteiger partial charge in [0.15, 0.2) is 5.78 Å². The fourth-order valence-electron chi connectivity index (χ4n) is 1.78. The van der Waals surface area contributed by atoms with Crippen molar-refractivity contribution in [2.45, 2.75) is 33.2 Å². The molecule has 0 saturated heterocycles. The summed E-state index contributed by atoms with van der Waals surface area (Å²) in [5.41, 5.74) is 0.682. The van der Waals surface area contributed by atoms with Gasteiger partial charge in [0.1, 0.15) is 0 Å². The lowest BCUT2D eigenvalue weighted by molar-refractivity contribution is -0.117. The third kappa shape index (κ3) is 5.74. The van der Waals surface area contributed by atoms with Gasteiger partial charge in [0.05, 0.1) is 6.04 Å². The molecule has 0 unspecified atom stereocenters. The van der Waals surface area contributed by atoms with Crippen molar-refractivity contribution < 1.29 is 9.59 Å². The van der Waals surface area contributed by atoms with E-state index in [1.54, 1.807) is 19.1 Å². The van der Waals surface area contributed by atoms with Crippen molar-refractivity contribution in [3.8, 4) is 0 Å². The molecule has 4 nitrogen and oxygen atoms in total. The number of carbonyl (C=O) groups excluding carboxylic acids is 2. The van der Waals surface area contributed by atoms with Crippen molar-refractivity contribution in [1.29, 1.82) is 0 Å². The zero-order chi connectivity index (χ0) is 15.1. The molecule has 0 aliphatic rings. The summed E-state index contributed by atoms with van der Waals surface area (Å²) >= 11 is 3.33. The van der Waals surface area contributed by atoms with E-state index >= 15 is 0 Å². The van der Waals surface area contributed by atoms with Gasteiger partial charge in [-0.05, 0) is 36.6 Å². The Balaban J connectivity index is 2.61. The maximum Gasteiger partial charge on any atom is 0.319 e. The molecule has 0 fully saturated rings. The Morgan fingerprint density at radius 3 is 2.35 bits per heavy atom. The lowest BCUT2D eigenvalue weighted by atomic mass is 9.99. The van der Waals surface area contributed by atoms with Gasteiger partial charge < -0.3 is 10.6 Å². The van der Waals surface area contributed by atoms with Gasteiger partial charge >= 0.3 is 6.03 Å². The van der Waals surface area contributed by atoms with Crippen LogP contribution in [0.2, 0.25) is 0 Å². The molecular formula is C15H20BrN2O2. The van der Waals surface area contributed by atoms with Crippen LogP contribution in [0.4, 0.5) is 10.5 Å². The van der Waals surface area contributed by atoms with Crippen LogP contribution in [0.25, 0.3) is 0 Å². The molecule has 2 N–H and O–H groups in total. The maximum absolute atomic E-state index is 11.9. The second-order valence-corrected chi connectivity index (χ2v) is 5.89. The molecule has 0 saturated carbocycles. The van der Waals surface area contributed by atoms with Crippen molar-refractivity contribution >= 4 is 33.4 Å². The van der Waals surface area contributed by atoms with E-state index in [9.17, 15) is 9.59 Å². The van der Waals surface area contributed by atoms with Crippen LogP contribution < -0.4 is 10.6 Å². The fraction of sp³-hybridized carbons (Fsp3) is 0.400. The molecule has 0 aliphatic carbocycles. The van der Waals surface area contributed by atoms with Crippen molar-refractivity contribution in [3.05, 3.63) is 35.2 Å². The summed E-state index contributed by atoms with van der Waals surface area (Å²) in [6, 6.07) is 6.41. The van der Waals surface area contributed by atoms with E-state index in [-0.39, 0.29) is 11.8 Å². The number of Topliss-reactive ketones (excluding diaryl/α,β-unsaturated/α-hetero) is 1. The van der Waals surface area contributed by atoms with Crippen LogP contribution in [0.3, 0.4) is 0 Å². The second-order valence-electron chi connectivity index (χ2n) is 4.98. The number of hydrogen-bond donors (Lipinski definition) is 2. The topological polar surface area (TPSA) is 58.2 Å². The maximum atomic E-state index is 11.9. The number of urea groups is 1. The Kier molecular flexibility index (Phi) is 6.71. The second kappa shape index (κ2) is 8.04. The number of hydrogen-bond acceptors (Lipinski definition) is 2. The zero-order valence-electron chi connectivity index (χ0n) is 11.9. The minimum atomic E-state index is -0.476. The Morgan fingerprint density at radius 1 is 1.25 bits per heavy atom. The predicted octanol–water partition coefficient (Wildman–Crippen LogP) is 3.78. The third-order valence-electron chi connectivity index (χ3n) is 2.74. The monoisotopic (exact) mass is 339 g/mol. The van der Waals surface area contributed by atoms with E-state index in [0.717, 1.165) is 4.47 Å². The summed E-state index contributed by atoms with van der Waals surface area (Å²) in [6.07, 6.45) is 2.11. The lowest BCUT2D eigenvalue weighted by Gasteiger charge is -2.19. The van der Waals surface area contributed by atoms with Crippen LogP contribution in [0.15, 0.2) is 28.7 Å². The average Bonchev–Trinajstić information content (AvgIpc) is 2.39. The molecule has 1 aromatic rings. The van der Waals surface area contributed by atoms with Crippen LogP contribution in [0, 0.1) is 12.3 Å². The van der Waals surface area contributed by atoms with E-state index in [1.165, 1.54) is 6.42 Å². The molecular weight excluding hydrogens is 320 g/mol. The van der Waals surface area contributed by atoms with Gasteiger partial charge in [0, 0.05) is 16.6 Å². The third-order valence-corrected chi connectivity index (χ3v) is 3.27. The number of amides is 2. The molecule has 20 heavy (non-hydrogen) atoms. The van der Waals surface area contributed by atoms with E-state index < -0.39 is 6.04 Å². The van der Waals surface area contributed by atoms with Gasteiger partial charge in [-0.2, -0.15) is 0 Å². The molecule has 0 bridgehead atoms. The van der Waals surface area contributed by atoms with Crippen LogP contribution in [-0.4, -0.2) is 17.9 Å². The fourth-order valence-corrected chi connectivity index (χ4v) is 2.04. The first-order valence-electron chi connectivity index (χ1n) is 6.58. The number of nitrogens with one attached hydrogen (secondary N) is 2. The summed E-state index contributed by atoms with van der Waals surface area (Å²) in [7, 11) is 0. The number of anilines is 1. The van der Waals surface area contributed by atoms with Gasteiger partial charge in [0.2, 0.25) is 0 Å². The molecule has 1 rings (SSSR count). The van der Waals surface area contributed by atoms with E-state index in [1.807, 2.05) is 26.0 Å². The molecule has 0 aliphatic heterocycles. The van der Waals surface area contributed by atoms with Gasteiger partial charge in [-0.15, -0.1) is 0 Å². The number of rotatable bonds is 6. The highest BCUT2D eigenvalue weighted by atomic mass is 79.9. The quantitative estimate of drug-likeness (QED) is 0.828. The molecule has 1 atom stereocenters. The minimum absolute atomic E-state index is 0.0651. The van der Waals surface area contributed by atoms with Crippen LogP contribution in [0.5, 0.6) is 0 Å². The molecule has 5 heteroatoms. The SMILES string of the molecule is C[CH]C(=O)[C@H](CC(C)C)NC(=O)Nc1ccc(Br)cc1. The number of ketones is 1. The average molecular weight is 340 g/mol. The Bertz CT molecular complexity index is 457. The summed E-state index contributed by atoms with van der Waals surface area (Å²) in [4.78, 5) is 23.7. The molecule has 0 spiro atoms. The summed E-state index contributed by atoms with van der Waals surface area (Å²) in [6.45, 7) is 5.72. The molecule has 1 radical (unpaired) electrons. The molecule has 2 amide bonds. The Morgan fingerprint density at radius 2 is 1.85 bits per heavy atom. The largest absolute Gasteiger partial charge is 0.328 e. The Labute approximate surface area is 128 Å². The molecule has 109 valence electrons. The van der Waals surface area contributed by atoms with Gasteiger partial charge in [-0.25, -0.2) is 4.79 Å². The highest BCUT2D eigenvalue weighted by molar-refractivity contribution is 9.10. The first kappa shape index (κ1) is 16.7. The molecule has 0 heterocycles. The first-order valence-corrected chi connectivity index (χ1v) is 7.38. The minimum Gasteiger partial charge on any atom is -0.328 e. The van der Waals surface area contributed by atoms with E-state index in [2.05, 4.69) is 26.6 Å². The summed E-state index contributed by atoms with van der Waals surface area (Å²) in [5.74, 6) is 0.265.